The van der Waals surface area contributed by atoms with Gasteiger partial charge in [0.25, 0.3) is 5.91 Å². The molecule has 78 valence electrons. The molecule has 14 heavy (non-hydrogen) atoms. The molecule has 0 spiro atoms. The molecule has 1 aromatic rings. The molecule has 3 N–H and O–H groups in total. The van der Waals surface area contributed by atoms with Gasteiger partial charge in [-0.3, -0.25) is 4.79 Å². The molecule has 0 radical (unpaired) electrons. The summed E-state index contributed by atoms with van der Waals surface area (Å²) in [5.74, 6) is -0.312. The Labute approximate surface area is 86.0 Å². The maximum Gasteiger partial charge on any atom is 0.261 e. The average Bonchev–Trinajstić information content (AvgIpc) is 2.45. The van der Waals surface area contributed by atoms with E-state index in [1.54, 1.807) is 6.92 Å². The van der Waals surface area contributed by atoms with Crippen LogP contribution in [0.2, 0.25) is 0 Å². The predicted molar refractivity (Wildman–Crippen MR) is 53.8 cm³/mol. The molecule has 0 unspecified atom stereocenters. The van der Waals surface area contributed by atoms with Crippen molar-refractivity contribution in [2.45, 2.75) is 11.8 Å². The Balaban J connectivity index is 3.25. The number of thiophene rings is 1. The highest BCUT2D eigenvalue weighted by atomic mass is 32.2. The van der Waals surface area contributed by atoms with Gasteiger partial charge >= 0.3 is 0 Å². The summed E-state index contributed by atoms with van der Waals surface area (Å²) in [6.07, 6.45) is 0. The first-order chi connectivity index (χ1) is 6.36. The lowest BCUT2D eigenvalue weighted by atomic mass is 10.4. The first-order valence-electron chi connectivity index (χ1n) is 3.71. The van der Waals surface area contributed by atoms with Crippen LogP contribution in [0, 0.1) is 6.92 Å². The molecule has 0 fully saturated rings. The summed E-state index contributed by atoms with van der Waals surface area (Å²) in [5, 5.41) is 7.37. The molecule has 0 aromatic carbocycles. The summed E-state index contributed by atoms with van der Waals surface area (Å²) in [7, 11) is -2.24. The number of sulfonamides is 1. The zero-order chi connectivity index (χ0) is 10.9. The predicted octanol–water partition coefficient (Wildman–Crippen LogP) is 0.0635. The van der Waals surface area contributed by atoms with Gasteiger partial charge in [0, 0.05) is 11.9 Å². The van der Waals surface area contributed by atoms with Crippen LogP contribution in [0.15, 0.2) is 11.0 Å². The Morgan fingerprint density at radius 2 is 2.14 bits per heavy atom. The van der Waals surface area contributed by atoms with Gasteiger partial charge in [-0.15, -0.1) is 11.3 Å². The third-order valence-electron chi connectivity index (χ3n) is 1.63. The summed E-state index contributed by atoms with van der Waals surface area (Å²) in [6, 6.07) is 1.29. The van der Waals surface area contributed by atoms with Gasteiger partial charge in [-0.2, -0.15) is 0 Å². The molecule has 0 saturated carbocycles. The highest BCUT2D eigenvalue weighted by molar-refractivity contribution is 7.89. The number of hydrogen-bond donors (Lipinski definition) is 2. The average molecular weight is 234 g/mol. The molecule has 1 amide bonds. The first-order valence-corrected chi connectivity index (χ1v) is 6.08. The topological polar surface area (TPSA) is 89.3 Å². The van der Waals surface area contributed by atoms with Crippen molar-refractivity contribution in [3.05, 3.63) is 15.8 Å². The van der Waals surface area contributed by atoms with E-state index in [1.165, 1.54) is 13.1 Å². The smallest absolute Gasteiger partial charge is 0.261 e. The van der Waals surface area contributed by atoms with Crippen molar-refractivity contribution in [2.75, 3.05) is 7.05 Å². The fourth-order valence-electron chi connectivity index (χ4n) is 0.983. The number of amides is 1. The van der Waals surface area contributed by atoms with Gasteiger partial charge in [-0.1, -0.05) is 0 Å². The fourth-order valence-corrected chi connectivity index (χ4v) is 3.07. The van der Waals surface area contributed by atoms with E-state index in [-0.39, 0.29) is 10.8 Å². The van der Waals surface area contributed by atoms with Crippen LogP contribution in [0.4, 0.5) is 0 Å². The van der Waals surface area contributed by atoms with Crippen LogP contribution in [-0.2, 0) is 10.0 Å². The van der Waals surface area contributed by atoms with Gasteiger partial charge in [-0.05, 0) is 13.0 Å². The summed E-state index contributed by atoms with van der Waals surface area (Å²) < 4.78 is 22.1. The van der Waals surface area contributed by atoms with E-state index in [0.29, 0.717) is 9.75 Å². The minimum absolute atomic E-state index is 0.0149. The lowest BCUT2D eigenvalue weighted by molar-refractivity contribution is 0.0967. The molecule has 5 nitrogen and oxygen atoms in total. The van der Waals surface area contributed by atoms with Crippen molar-refractivity contribution in [3.63, 3.8) is 0 Å². The van der Waals surface area contributed by atoms with Gasteiger partial charge in [-0.25, -0.2) is 13.6 Å². The molecule has 0 aliphatic heterocycles. The summed E-state index contributed by atoms with van der Waals surface area (Å²) in [4.78, 5) is 12.0. The zero-order valence-electron chi connectivity index (χ0n) is 7.70. The van der Waals surface area contributed by atoms with E-state index in [0.717, 1.165) is 11.3 Å². The van der Waals surface area contributed by atoms with Gasteiger partial charge in [0.05, 0.1) is 9.77 Å². The molecular formula is C7H10N2O3S2. The van der Waals surface area contributed by atoms with Crippen LogP contribution in [0.1, 0.15) is 14.5 Å². The van der Waals surface area contributed by atoms with Gasteiger partial charge in [0.2, 0.25) is 10.0 Å². The molecule has 0 bridgehead atoms. The second-order valence-corrected chi connectivity index (χ2v) is 5.44. The van der Waals surface area contributed by atoms with E-state index in [2.05, 4.69) is 5.32 Å². The fraction of sp³-hybridized carbons (Fsp3) is 0.286. The van der Waals surface area contributed by atoms with Crippen molar-refractivity contribution in [1.29, 1.82) is 0 Å². The SMILES string of the molecule is CNC(=O)c1cc(S(N)(=O)=O)c(C)s1. The highest BCUT2D eigenvalue weighted by Gasteiger charge is 2.18. The molecule has 0 atom stereocenters. The highest BCUT2D eigenvalue weighted by Crippen LogP contribution is 2.24. The molecule has 1 heterocycles. The molecule has 0 aliphatic carbocycles. The Hall–Kier alpha value is -0.920. The number of hydrogen-bond acceptors (Lipinski definition) is 4. The second kappa shape index (κ2) is 3.68. The van der Waals surface area contributed by atoms with Crippen molar-refractivity contribution < 1.29 is 13.2 Å². The first kappa shape index (κ1) is 11.2. The van der Waals surface area contributed by atoms with E-state index >= 15 is 0 Å². The van der Waals surface area contributed by atoms with Crippen LogP contribution in [-0.4, -0.2) is 21.4 Å². The maximum absolute atomic E-state index is 11.2. The Morgan fingerprint density at radius 3 is 2.50 bits per heavy atom. The van der Waals surface area contributed by atoms with E-state index in [4.69, 9.17) is 5.14 Å². The van der Waals surface area contributed by atoms with E-state index in [1.807, 2.05) is 0 Å². The molecule has 1 aromatic heterocycles. The molecular weight excluding hydrogens is 224 g/mol. The standard InChI is InChI=1S/C7H10N2O3S2/c1-4-6(14(8,11)12)3-5(13-4)7(10)9-2/h3H,1-2H3,(H,9,10)(H2,8,11,12). The van der Waals surface area contributed by atoms with E-state index in [9.17, 15) is 13.2 Å². The molecule has 0 saturated heterocycles. The summed E-state index contributed by atoms with van der Waals surface area (Å²) >= 11 is 1.10. The van der Waals surface area contributed by atoms with Gasteiger partial charge < -0.3 is 5.32 Å². The molecule has 0 aliphatic rings. The second-order valence-electron chi connectivity index (χ2n) is 2.66. The van der Waals surface area contributed by atoms with Crippen molar-refractivity contribution in [3.8, 4) is 0 Å². The van der Waals surface area contributed by atoms with E-state index < -0.39 is 10.0 Å². The van der Waals surface area contributed by atoms with Crippen LogP contribution >= 0.6 is 11.3 Å². The van der Waals surface area contributed by atoms with Crippen molar-refractivity contribution >= 4 is 27.3 Å². The van der Waals surface area contributed by atoms with Crippen molar-refractivity contribution in [1.82, 2.24) is 5.32 Å². The molecule has 1 rings (SSSR count). The Bertz CT molecular complexity index is 461. The minimum atomic E-state index is -3.72. The number of aryl methyl sites for hydroxylation is 1. The van der Waals surface area contributed by atoms with Crippen LogP contribution in [0.5, 0.6) is 0 Å². The third kappa shape index (κ3) is 2.11. The number of nitrogens with two attached hydrogens (primary N) is 1. The quantitative estimate of drug-likeness (QED) is 0.758. The summed E-state index contributed by atoms with van der Waals surface area (Å²) in [5.41, 5.74) is 0. The van der Waals surface area contributed by atoms with Crippen LogP contribution in [0.3, 0.4) is 0 Å². The largest absolute Gasteiger partial charge is 0.354 e. The number of carbonyl (C=O) groups excluding carboxylic acids is 1. The number of carbonyl (C=O) groups is 1. The van der Waals surface area contributed by atoms with Crippen LogP contribution < -0.4 is 10.5 Å². The summed E-state index contributed by atoms with van der Waals surface area (Å²) in [6.45, 7) is 1.61. The van der Waals surface area contributed by atoms with Gasteiger partial charge in [0.1, 0.15) is 0 Å². The minimum Gasteiger partial charge on any atom is -0.354 e. The number of nitrogens with one attached hydrogen (secondary N) is 1. The Morgan fingerprint density at radius 1 is 1.57 bits per heavy atom. The van der Waals surface area contributed by atoms with Gasteiger partial charge in [0.15, 0.2) is 0 Å². The number of rotatable bonds is 2. The Kier molecular flexibility index (Phi) is 2.93. The van der Waals surface area contributed by atoms with Crippen molar-refractivity contribution in [2.24, 2.45) is 5.14 Å². The molecule has 7 heteroatoms. The third-order valence-corrected chi connectivity index (χ3v) is 3.85. The zero-order valence-corrected chi connectivity index (χ0v) is 9.33. The monoisotopic (exact) mass is 234 g/mol. The normalized spacial score (nSPS) is 11.4. The number of primary sulfonamides is 1. The lowest BCUT2D eigenvalue weighted by Crippen LogP contribution is -2.16. The maximum atomic E-state index is 11.2. The van der Waals surface area contributed by atoms with Crippen LogP contribution in [0.25, 0.3) is 0 Å². The lowest BCUT2D eigenvalue weighted by Gasteiger charge is -1.93.